The first kappa shape index (κ1) is 16.8. The fourth-order valence-electron chi connectivity index (χ4n) is 2.82. The molecule has 0 saturated carbocycles. The van der Waals surface area contributed by atoms with Gasteiger partial charge in [0.2, 0.25) is 0 Å². The summed E-state index contributed by atoms with van der Waals surface area (Å²) in [5.74, 6) is -0.0177. The number of benzene rings is 1. The lowest BCUT2D eigenvalue weighted by Crippen LogP contribution is -2.13. The zero-order chi connectivity index (χ0) is 17.4. The Bertz CT molecular complexity index is 931. The molecule has 3 rings (SSSR count). The van der Waals surface area contributed by atoms with Crippen molar-refractivity contribution in [1.82, 2.24) is 14.6 Å². The summed E-state index contributed by atoms with van der Waals surface area (Å²) in [6.07, 6.45) is -0.110. The Morgan fingerprint density at radius 2 is 1.88 bits per heavy atom. The molecule has 0 N–H and O–H groups in total. The van der Waals surface area contributed by atoms with Crippen molar-refractivity contribution in [1.29, 1.82) is 0 Å². The van der Waals surface area contributed by atoms with Crippen molar-refractivity contribution >= 4 is 34.3 Å². The number of hydrogen-bond acceptors (Lipinski definition) is 5. The van der Waals surface area contributed by atoms with Crippen LogP contribution in [-0.2, 0) is 9.53 Å². The van der Waals surface area contributed by atoms with E-state index in [1.54, 1.807) is 0 Å². The summed E-state index contributed by atoms with van der Waals surface area (Å²) in [5.41, 5.74) is 5.37. The van der Waals surface area contributed by atoms with Gasteiger partial charge in [0.05, 0.1) is 17.4 Å². The van der Waals surface area contributed by atoms with E-state index >= 15 is 0 Å². The molecule has 0 amide bonds. The number of pyridine rings is 1. The smallest absolute Gasteiger partial charge is 0.316 e. The number of rotatable bonds is 4. The van der Waals surface area contributed by atoms with Crippen molar-refractivity contribution in [3.63, 3.8) is 0 Å². The third kappa shape index (κ3) is 2.98. The number of esters is 1. The van der Waals surface area contributed by atoms with Crippen LogP contribution in [0.5, 0.6) is 0 Å². The number of aromatic nitrogens is 3. The van der Waals surface area contributed by atoms with Gasteiger partial charge >= 0.3 is 5.97 Å². The number of carbonyl (C=O) groups excluding carboxylic acids is 1. The summed E-state index contributed by atoms with van der Waals surface area (Å²) in [4.78, 5) is 11.8. The number of carbonyl (C=O) groups is 1. The van der Waals surface area contributed by atoms with Crippen molar-refractivity contribution in [3.8, 4) is 0 Å². The number of nitrogens with zero attached hydrogens (tertiary/aromatic N) is 3. The molecule has 0 aliphatic heterocycles. The lowest BCUT2D eigenvalue weighted by Gasteiger charge is -2.12. The second kappa shape index (κ2) is 6.43. The second-order valence-electron chi connectivity index (χ2n) is 6.26. The first-order valence-corrected chi connectivity index (χ1v) is 8.94. The van der Waals surface area contributed by atoms with Gasteiger partial charge in [-0.05, 0) is 57.4 Å². The Morgan fingerprint density at radius 3 is 2.58 bits per heavy atom. The fourth-order valence-corrected chi connectivity index (χ4v) is 3.54. The third-order valence-corrected chi connectivity index (χ3v) is 4.80. The number of hydrogen-bond donors (Lipinski definition) is 0. The largest absolute Gasteiger partial charge is 0.462 e. The van der Waals surface area contributed by atoms with Crippen LogP contribution in [0.15, 0.2) is 23.4 Å². The van der Waals surface area contributed by atoms with Gasteiger partial charge in [-0.3, -0.25) is 9.20 Å². The van der Waals surface area contributed by atoms with Crippen molar-refractivity contribution < 1.29 is 9.53 Å². The fraction of sp³-hybridized carbons (Fsp3) is 0.389. The van der Waals surface area contributed by atoms with Gasteiger partial charge in [-0.1, -0.05) is 23.9 Å². The standard InChI is InChI=1S/C18H21N3O2S/c1-10(2)23-15(22)9-24-18-20-19-17-13(5)8-14-11(3)6-7-12(4)16(14)21(17)18/h6-8,10H,9H2,1-5H3. The normalized spacial score (nSPS) is 11.6. The predicted octanol–water partition coefficient (Wildman–Crippen LogP) is 3.85. The van der Waals surface area contributed by atoms with Crippen LogP contribution < -0.4 is 0 Å². The highest BCUT2D eigenvalue weighted by Crippen LogP contribution is 2.29. The average molecular weight is 343 g/mol. The first-order valence-electron chi connectivity index (χ1n) is 7.95. The van der Waals surface area contributed by atoms with Gasteiger partial charge in [-0.25, -0.2) is 0 Å². The minimum Gasteiger partial charge on any atom is -0.462 e. The van der Waals surface area contributed by atoms with Crippen LogP contribution in [0.1, 0.15) is 30.5 Å². The van der Waals surface area contributed by atoms with Gasteiger partial charge in [0, 0.05) is 5.39 Å². The van der Waals surface area contributed by atoms with Crippen LogP contribution in [0.2, 0.25) is 0 Å². The number of aryl methyl sites for hydroxylation is 3. The Hall–Kier alpha value is -2.08. The molecule has 0 fully saturated rings. The highest BCUT2D eigenvalue weighted by molar-refractivity contribution is 7.99. The quantitative estimate of drug-likeness (QED) is 0.532. The zero-order valence-electron chi connectivity index (χ0n) is 14.6. The van der Waals surface area contributed by atoms with Crippen LogP contribution in [0.3, 0.4) is 0 Å². The average Bonchev–Trinajstić information content (AvgIpc) is 2.93. The molecule has 1 aromatic carbocycles. The van der Waals surface area contributed by atoms with E-state index in [9.17, 15) is 4.79 Å². The van der Waals surface area contributed by atoms with Gasteiger partial charge in [0.15, 0.2) is 10.8 Å². The molecule has 0 unspecified atom stereocenters. The number of fused-ring (bicyclic) bond motifs is 3. The Kier molecular flexibility index (Phi) is 4.49. The molecule has 0 saturated heterocycles. The van der Waals surface area contributed by atoms with E-state index in [0.717, 1.165) is 22.3 Å². The summed E-state index contributed by atoms with van der Waals surface area (Å²) >= 11 is 1.36. The molecule has 0 atom stereocenters. The molecule has 0 aliphatic rings. The maximum Gasteiger partial charge on any atom is 0.316 e. The molecule has 126 valence electrons. The molecule has 0 radical (unpaired) electrons. The Morgan fingerprint density at radius 1 is 1.17 bits per heavy atom. The maximum atomic E-state index is 11.8. The van der Waals surface area contributed by atoms with Gasteiger partial charge in [-0.15, -0.1) is 10.2 Å². The Labute approximate surface area is 145 Å². The molecule has 5 nitrogen and oxygen atoms in total. The zero-order valence-corrected chi connectivity index (χ0v) is 15.4. The summed E-state index contributed by atoms with van der Waals surface area (Å²) in [5, 5.41) is 10.5. The van der Waals surface area contributed by atoms with Gasteiger partial charge in [-0.2, -0.15) is 0 Å². The molecular weight excluding hydrogens is 322 g/mol. The van der Waals surface area contributed by atoms with E-state index in [1.165, 1.54) is 22.7 Å². The van der Waals surface area contributed by atoms with Crippen molar-refractivity contribution in [2.45, 2.75) is 45.9 Å². The minimum absolute atomic E-state index is 0.110. The SMILES string of the molecule is Cc1ccc(C)c2c1cc(C)c1nnc(SCC(=O)OC(C)C)n12. The Balaban J connectivity index is 2.10. The van der Waals surface area contributed by atoms with E-state index in [1.807, 2.05) is 20.8 Å². The lowest BCUT2D eigenvalue weighted by molar-refractivity contribution is -0.144. The summed E-state index contributed by atoms with van der Waals surface area (Å²) in [6.45, 7) is 9.91. The van der Waals surface area contributed by atoms with Gasteiger partial charge in [0.1, 0.15) is 0 Å². The van der Waals surface area contributed by atoms with Crippen LogP contribution in [0, 0.1) is 20.8 Å². The number of ether oxygens (including phenoxy) is 1. The summed E-state index contributed by atoms with van der Waals surface area (Å²) < 4.78 is 7.25. The van der Waals surface area contributed by atoms with E-state index in [-0.39, 0.29) is 17.8 Å². The molecule has 24 heavy (non-hydrogen) atoms. The molecule has 0 spiro atoms. The predicted molar refractivity (Wildman–Crippen MR) is 96.7 cm³/mol. The molecule has 3 aromatic rings. The van der Waals surface area contributed by atoms with Crippen LogP contribution >= 0.6 is 11.8 Å². The van der Waals surface area contributed by atoms with Crippen LogP contribution in [0.25, 0.3) is 16.6 Å². The van der Waals surface area contributed by atoms with E-state index in [4.69, 9.17) is 4.74 Å². The highest BCUT2D eigenvalue weighted by atomic mass is 32.2. The summed E-state index contributed by atoms with van der Waals surface area (Å²) in [7, 11) is 0. The monoisotopic (exact) mass is 343 g/mol. The molecule has 6 heteroatoms. The molecule has 0 aliphatic carbocycles. The maximum absolute atomic E-state index is 11.8. The molecular formula is C18H21N3O2S. The topological polar surface area (TPSA) is 56.5 Å². The minimum atomic E-state index is -0.239. The summed E-state index contributed by atoms with van der Waals surface area (Å²) in [6, 6.07) is 6.39. The lowest BCUT2D eigenvalue weighted by atomic mass is 10.0. The molecule has 2 heterocycles. The van der Waals surface area contributed by atoms with E-state index in [0.29, 0.717) is 5.16 Å². The van der Waals surface area contributed by atoms with E-state index < -0.39 is 0 Å². The van der Waals surface area contributed by atoms with Crippen LogP contribution in [-0.4, -0.2) is 32.4 Å². The van der Waals surface area contributed by atoms with Crippen molar-refractivity contribution in [3.05, 3.63) is 34.9 Å². The van der Waals surface area contributed by atoms with Crippen LogP contribution in [0.4, 0.5) is 0 Å². The molecule has 2 aromatic heterocycles. The third-order valence-electron chi connectivity index (χ3n) is 3.89. The van der Waals surface area contributed by atoms with Crippen molar-refractivity contribution in [2.75, 3.05) is 5.75 Å². The van der Waals surface area contributed by atoms with Crippen molar-refractivity contribution in [2.24, 2.45) is 0 Å². The number of thioether (sulfide) groups is 1. The second-order valence-corrected chi connectivity index (χ2v) is 7.20. The molecule has 0 bridgehead atoms. The van der Waals surface area contributed by atoms with Gasteiger partial charge < -0.3 is 4.74 Å². The highest BCUT2D eigenvalue weighted by Gasteiger charge is 2.16. The first-order chi connectivity index (χ1) is 11.4. The van der Waals surface area contributed by atoms with Gasteiger partial charge in [0.25, 0.3) is 0 Å². The van der Waals surface area contributed by atoms with E-state index in [2.05, 4.69) is 46.6 Å².